The minimum Gasteiger partial charge on any atom is -0.467 e. The zero-order valence-corrected chi connectivity index (χ0v) is 24.8. The maximum absolute atomic E-state index is 13.0. The molecule has 3 fully saturated rings. The molecule has 0 aromatic carbocycles. The van der Waals surface area contributed by atoms with Gasteiger partial charge < -0.3 is 77.6 Å². The van der Waals surface area contributed by atoms with Crippen molar-refractivity contribution in [3.8, 4) is 0 Å². The normalized spacial score (nSPS) is 45.1. The van der Waals surface area contributed by atoms with Crippen LogP contribution in [0.4, 0.5) is 0 Å². The molecule has 2 aliphatic heterocycles. The lowest BCUT2D eigenvalue weighted by atomic mass is 9.74. The molecule has 0 radical (unpaired) electrons. The van der Waals surface area contributed by atoms with Crippen LogP contribution in [0.3, 0.4) is 0 Å². The summed E-state index contributed by atoms with van der Waals surface area (Å²) < 4.78 is 23.9. The van der Waals surface area contributed by atoms with Crippen LogP contribution in [0.1, 0.15) is 39.0 Å². The third kappa shape index (κ3) is 8.21. The van der Waals surface area contributed by atoms with E-state index < -0.39 is 78.3 Å². The van der Waals surface area contributed by atoms with Gasteiger partial charge in [0.2, 0.25) is 12.2 Å². The van der Waals surface area contributed by atoms with Crippen molar-refractivity contribution in [2.75, 3.05) is 33.4 Å². The molecule has 2 saturated carbocycles. The molecule has 0 aromatic rings. The predicted molar refractivity (Wildman–Crippen MR) is 152 cm³/mol. The van der Waals surface area contributed by atoms with E-state index in [1.807, 2.05) is 6.08 Å². The molecule has 0 unspecified atom stereocenters. The Morgan fingerprint density at radius 2 is 1.79 bits per heavy atom. The fraction of sp³-hybridized carbons (Fsp3) is 0.889. The van der Waals surface area contributed by atoms with E-state index >= 15 is 0 Å². The largest absolute Gasteiger partial charge is 0.467 e. The maximum atomic E-state index is 13.0. The van der Waals surface area contributed by atoms with Gasteiger partial charge in [-0.25, -0.2) is 0 Å². The van der Waals surface area contributed by atoms with Crippen molar-refractivity contribution in [3.63, 3.8) is 0 Å². The van der Waals surface area contributed by atoms with E-state index in [2.05, 4.69) is 16.0 Å². The molecule has 0 spiro atoms. The van der Waals surface area contributed by atoms with Crippen LogP contribution in [0.2, 0.25) is 0 Å². The molecule has 16 nitrogen and oxygen atoms in total. The first-order chi connectivity index (χ1) is 20.3. The van der Waals surface area contributed by atoms with Crippen molar-refractivity contribution in [1.29, 1.82) is 0 Å². The number of amides is 1. The summed E-state index contributed by atoms with van der Waals surface area (Å²) in [5, 5.41) is 61.6. The molecule has 2 aliphatic carbocycles. The molecule has 248 valence electrons. The Balaban J connectivity index is 1.49. The minimum atomic E-state index is -1.43. The van der Waals surface area contributed by atoms with E-state index in [4.69, 9.17) is 41.3 Å². The van der Waals surface area contributed by atoms with Crippen LogP contribution in [0.15, 0.2) is 11.8 Å². The van der Waals surface area contributed by atoms with E-state index in [1.165, 1.54) is 6.92 Å². The molecule has 1 saturated heterocycles. The van der Waals surface area contributed by atoms with Gasteiger partial charge >= 0.3 is 0 Å². The summed E-state index contributed by atoms with van der Waals surface area (Å²) in [7, 11) is 1.58. The number of rotatable bonds is 12. The van der Waals surface area contributed by atoms with E-state index in [-0.39, 0.29) is 32.1 Å². The fourth-order valence-electron chi connectivity index (χ4n) is 6.43. The molecule has 14 N–H and O–H groups in total. The lowest BCUT2D eigenvalue weighted by Crippen LogP contribution is -2.69. The minimum absolute atomic E-state index is 0.0340. The molecule has 16 heteroatoms. The van der Waals surface area contributed by atoms with Crippen molar-refractivity contribution in [3.05, 3.63) is 11.8 Å². The maximum Gasteiger partial charge on any atom is 0.223 e. The standard InChI is InChI=1S/C27H50N6O10/c1-26(38)12-40-25(20(37)23(26)31-2)43-22-17(33-18(35)10-27(39)8-13(28)9-27)7-16(30)21(19(22)36)42-24-15(29)4-3-14(41-24)11-32-5-6-34/h3,13,15-17,19-25,31-32,34,36-39H,4-12,28-30H2,1-2H3,(H,33,35)/t13?,15-,16+,17-,19+,20-,21-,22+,23-,24-,25-,26+,27?/m1/s1. The smallest absolute Gasteiger partial charge is 0.223 e. The molecule has 43 heavy (non-hydrogen) atoms. The Morgan fingerprint density at radius 1 is 1.09 bits per heavy atom. The average molecular weight is 619 g/mol. The summed E-state index contributed by atoms with van der Waals surface area (Å²) in [6.45, 7) is 2.03. The van der Waals surface area contributed by atoms with Crippen molar-refractivity contribution in [2.24, 2.45) is 17.2 Å². The van der Waals surface area contributed by atoms with Crippen LogP contribution in [-0.2, 0) is 23.7 Å². The molecule has 11 atom stereocenters. The SMILES string of the molecule is CN[C@@H]1[C@@H](O)[C@@H](O[C@@H]2[C@@H](O)[C@H](O[C@H]3OC(CNCCO)=CC[C@H]3N)[C@@H](N)C[C@H]2NC(=O)CC2(O)CC(N)C2)OC[C@]1(C)O. The summed E-state index contributed by atoms with van der Waals surface area (Å²) in [4.78, 5) is 13.0. The van der Waals surface area contributed by atoms with Crippen molar-refractivity contribution in [1.82, 2.24) is 16.0 Å². The lowest BCUT2D eigenvalue weighted by Gasteiger charge is -2.49. The molecular formula is C27H50N6O10. The molecular weight excluding hydrogens is 568 g/mol. The molecule has 0 bridgehead atoms. The van der Waals surface area contributed by atoms with E-state index in [9.17, 15) is 25.2 Å². The van der Waals surface area contributed by atoms with E-state index in [0.29, 0.717) is 38.1 Å². The number of aliphatic hydroxyl groups excluding tert-OH is 3. The number of likely N-dealkylation sites (N-methyl/N-ethyl adjacent to an activating group) is 1. The van der Waals surface area contributed by atoms with E-state index in [1.54, 1.807) is 7.05 Å². The lowest BCUT2D eigenvalue weighted by molar-refractivity contribution is -0.304. The number of ether oxygens (including phenoxy) is 4. The van der Waals surface area contributed by atoms with Crippen molar-refractivity contribution < 1.29 is 49.3 Å². The van der Waals surface area contributed by atoms with Crippen LogP contribution in [0.5, 0.6) is 0 Å². The van der Waals surface area contributed by atoms with Gasteiger partial charge in [-0.15, -0.1) is 0 Å². The Hall–Kier alpha value is -1.51. The number of hydrogen-bond donors (Lipinski definition) is 11. The van der Waals surface area contributed by atoms with Gasteiger partial charge in [0.25, 0.3) is 0 Å². The van der Waals surface area contributed by atoms with Gasteiger partial charge in [-0.05, 0) is 45.7 Å². The van der Waals surface area contributed by atoms with E-state index in [0.717, 1.165) is 0 Å². The summed E-state index contributed by atoms with van der Waals surface area (Å²) >= 11 is 0. The van der Waals surface area contributed by atoms with Gasteiger partial charge in [-0.2, -0.15) is 0 Å². The first-order valence-corrected chi connectivity index (χ1v) is 14.9. The average Bonchev–Trinajstić information content (AvgIpc) is 2.90. The van der Waals surface area contributed by atoms with Gasteiger partial charge in [-0.1, -0.05) is 0 Å². The third-order valence-corrected chi connectivity index (χ3v) is 8.68. The molecule has 2 heterocycles. The van der Waals surface area contributed by atoms with Gasteiger partial charge in [0.1, 0.15) is 35.8 Å². The number of aliphatic hydroxyl groups is 5. The molecule has 1 amide bonds. The molecule has 4 rings (SSSR count). The summed E-state index contributed by atoms with van der Waals surface area (Å²) in [5.74, 6) is 0.0882. The van der Waals surface area contributed by atoms with Crippen LogP contribution >= 0.6 is 0 Å². The van der Waals surface area contributed by atoms with Crippen molar-refractivity contribution >= 4 is 5.91 Å². The highest BCUT2D eigenvalue weighted by Gasteiger charge is 2.52. The first-order valence-electron chi connectivity index (χ1n) is 14.9. The number of carbonyl (C=O) groups excluding carboxylic acids is 1. The van der Waals surface area contributed by atoms with Gasteiger partial charge in [0.15, 0.2) is 6.29 Å². The Bertz CT molecular complexity index is 969. The quantitative estimate of drug-likeness (QED) is 0.0916. The second-order valence-corrected chi connectivity index (χ2v) is 12.6. The summed E-state index contributed by atoms with van der Waals surface area (Å²) in [5.41, 5.74) is 15.9. The highest BCUT2D eigenvalue weighted by molar-refractivity contribution is 5.77. The number of hydrogen-bond acceptors (Lipinski definition) is 15. The zero-order chi connectivity index (χ0) is 31.5. The van der Waals surface area contributed by atoms with Gasteiger partial charge in [0, 0.05) is 18.6 Å². The van der Waals surface area contributed by atoms with Crippen LogP contribution in [0, 0.1) is 0 Å². The Morgan fingerprint density at radius 3 is 2.44 bits per heavy atom. The third-order valence-electron chi connectivity index (χ3n) is 8.68. The Labute approximate surface area is 251 Å². The topological polar surface area (TPSA) is 269 Å². The fourth-order valence-corrected chi connectivity index (χ4v) is 6.43. The number of carbonyl (C=O) groups is 1. The van der Waals surface area contributed by atoms with Gasteiger partial charge in [-0.3, -0.25) is 4.79 Å². The summed E-state index contributed by atoms with van der Waals surface area (Å²) in [6, 6.07) is -3.19. The summed E-state index contributed by atoms with van der Waals surface area (Å²) in [6.07, 6.45) is -4.44. The first kappa shape index (κ1) is 34.4. The second kappa shape index (κ2) is 14.3. The monoisotopic (exact) mass is 618 g/mol. The molecule has 0 aromatic heterocycles. The second-order valence-electron chi connectivity index (χ2n) is 12.6. The molecule has 4 aliphatic rings. The Kier molecular flexibility index (Phi) is 11.4. The predicted octanol–water partition coefficient (Wildman–Crippen LogP) is -4.83. The van der Waals surface area contributed by atoms with Gasteiger partial charge in [0.05, 0.1) is 49.9 Å². The highest BCUT2D eigenvalue weighted by atomic mass is 16.7. The van der Waals surface area contributed by atoms with Crippen molar-refractivity contribution in [2.45, 2.75) is 117 Å². The van der Waals surface area contributed by atoms with Crippen LogP contribution in [-0.4, -0.2) is 143 Å². The van der Waals surface area contributed by atoms with Crippen LogP contribution < -0.4 is 33.2 Å². The zero-order valence-electron chi connectivity index (χ0n) is 24.8. The number of nitrogens with one attached hydrogen (secondary N) is 3. The highest BCUT2D eigenvalue weighted by Crippen LogP contribution is 2.35. The number of nitrogens with two attached hydrogens (primary N) is 3. The van der Waals surface area contributed by atoms with Crippen LogP contribution in [0.25, 0.3) is 0 Å².